The molecule has 4 amide bonds. The molecule has 1 unspecified atom stereocenters. The Morgan fingerprint density at radius 3 is 2.29 bits per heavy atom. The fourth-order valence-corrected chi connectivity index (χ4v) is 2.36. The zero-order chi connectivity index (χ0) is 21.3. The van der Waals surface area contributed by atoms with E-state index in [9.17, 15) is 29.1 Å². The Balaban J connectivity index is 2.22. The van der Waals surface area contributed by atoms with Gasteiger partial charge in [0.05, 0.1) is 0 Å². The summed E-state index contributed by atoms with van der Waals surface area (Å²) in [6.07, 6.45) is 2.67. The van der Waals surface area contributed by atoms with Crippen molar-refractivity contribution in [1.29, 1.82) is 0 Å². The van der Waals surface area contributed by atoms with E-state index >= 15 is 0 Å². The first-order chi connectivity index (χ1) is 13.0. The van der Waals surface area contributed by atoms with Crippen LogP contribution in [0.5, 0.6) is 0 Å². The lowest BCUT2D eigenvalue weighted by atomic mass is 10.1. The number of imide groups is 1. The summed E-state index contributed by atoms with van der Waals surface area (Å²) in [4.78, 5) is 58.4. The monoisotopic (exact) mass is 397 g/mol. The number of aliphatic carboxylic acids is 1. The molecule has 28 heavy (non-hydrogen) atoms. The van der Waals surface area contributed by atoms with Crippen LogP contribution in [0.25, 0.3) is 0 Å². The normalized spacial score (nSPS) is 14.8. The molecule has 1 aliphatic rings. The summed E-state index contributed by atoms with van der Waals surface area (Å²) in [7, 11) is 0. The fraction of sp³-hybridized carbons (Fsp3) is 0.611. The molecule has 1 atom stereocenters. The van der Waals surface area contributed by atoms with Crippen molar-refractivity contribution in [1.82, 2.24) is 15.5 Å². The highest BCUT2D eigenvalue weighted by Crippen LogP contribution is 2.08. The van der Waals surface area contributed by atoms with Gasteiger partial charge < -0.3 is 20.5 Å². The van der Waals surface area contributed by atoms with Crippen molar-refractivity contribution >= 4 is 29.8 Å². The zero-order valence-electron chi connectivity index (χ0n) is 16.3. The number of amides is 4. The summed E-state index contributed by atoms with van der Waals surface area (Å²) >= 11 is 0. The van der Waals surface area contributed by atoms with E-state index in [2.05, 4.69) is 10.6 Å². The Bertz CT molecular complexity index is 634. The van der Waals surface area contributed by atoms with E-state index < -0.39 is 35.5 Å². The quantitative estimate of drug-likeness (QED) is 0.361. The second-order valence-corrected chi connectivity index (χ2v) is 7.29. The van der Waals surface area contributed by atoms with E-state index in [-0.39, 0.29) is 25.3 Å². The number of alkyl carbamates (subject to hydrolysis) is 1. The van der Waals surface area contributed by atoms with Crippen LogP contribution >= 0.6 is 0 Å². The highest BCUT2D eigenvalue weighted by Gasteiger charge is 2.24. The van der Waals surface area contributed by atoms with E-state index in [1.807, 2.05) is 0 Å². The number of nitrogens with zero attached hydrogens (tertiary/aromatic N) is 1. The van der Waals surface area contributed by atoms with Crippen molar-refractivity contribution in [3.05, 3.63) is 12.2 Å². The van der Waals surface area contributed by atoms with Crippen molar-refractivity contribution < 1.29 is 33.8 Å². The molecule has 1 heterocycles. The molecule has 1 rings (SSSR count). The number of nitrogens with one attached hydrogen (secondary N) is 2. The lowest BCUT2D eigenvalue weighted by molar-refractivity contribution is -0.140. The van der Waals surface area contributed by atoms with Crippen molar-refractivity contribution in [2.45, 2.75) is 58.1 Å². The molecular formula is C18H27N3O7. The largest absolute Gasteiger partial charge is 0.480 e. The average Bonchev–Trinajstić information content (AvgIpc) is 2.88. The molecule has 0 fully saturated rings. The average molecular weight is 397 g/mol. The Kier molecular flexibility index (Phi) is 8.62. The van der Waals surface area contributed by atoms with E-state index in [1.54, 1.807) is 20.8 Å². The molecule has 0 aromatic heterocycles. The number of carbonyl (C=O) groups is 5. The Labute approximate surface area is 163 Å². The highest BCUT2D eigenvalue weighted by molar-refractivity contribution is 6.13. The Morgan fingerprint density at radius 2 is 1.75 bits per heavy atom. The second-order valence-electron chi connectivity index (χ2n) is 7.29. The maximum absolute atomic E-state index is 11.7. The second kappa shape index (κ2) is 10.4. The van der Waals surface area contributed by atoms with Gasteiger partial charge in [0.1, 0.15) is 11.6 Å². The smallest absolute Gasteiger partial charge is 0.408 e. The molecule has 0 aliphatic carbocycles. The molecule has 156 valence electrons. The van der Waals surface area contributed by atoms with Crippen molar-refractivity contribution in [3.63, 3.8) is 0 Å². The van der Waals surface area contributed by atoms with Crippen LogP contribution in [-0.4, -0.2) is 64.5 Å². The van der Waals surface area contributed by atoms with Gasteiger partial charge in [-0.25, -0.2) is 9.59 Å². The minimum absolute atomic E-state index is 0.00287. The van der Waals surface area contributed by atoms with Crippen LogP contribution in [0, 0.1) is 0 Å². The first-order valence-corrected chi connectivity index (χ1v) is 9.02. The maximum atomic E-state index is 11.7. The van der Waals surface area contributed by atoms with Crippen LogP contribution in [-0.2, 0) is 23.9 Å². The third kappa shape index (κ3) is 8.65. The van der Waals surface area contributed by atoms with Crippen LogP contribution < -0.4 is 10.6 Å². The maximum Gasteiger partial charge on any atom is 0.408 e. The number of carboxylic acid groups (broad SMARTS) is 1. The zero-order valence-corrected chi connectivity index (χ0v) is 16.3. The van der Waals surface area contributed by atoms with E-state index in [0.29, 0.717) is 19.4 Å². The van der Waals surface area contributed by atoms with Gasteiger partial charge in [-0.15, -0.1) is 0 Å². The Morgan fingerprint density at radius 1 is 1.14 bits per heavy atom. The summed E-state index contributed by atoms with van der Waals surface area (Å²) in [5.74, 6) is -2.34. The number of ether oxygens (including phenoxy) is 1. The molecular weight excluding hydrogens is 370 g/mol. The fourth-order valence-electron chi connectivity index (χ4n) is 2.36. The molecule has 0 radical (unpaired) electrons. The number of hydrogen-bond acceptors (Lipinski definition) is 6. The minimum atomic E-state index is -1.16. The van der Waals surface area contributed by atoms with Crippen LogP contribution in [0.4, 0.5) is 4.79 Å². The van der Waals surface area contributed by atoms with Gasteiger partial charge in [-0.2, -0.15) is 0 Å². The molecule has 0 saturated heterocycles. The van der Waals surface area contributed by atoms with E-state index in [4.69, 9.17) is 4.74 Å². The molecule has 1 aliphatic heterocycles. The molecule has 0 spiro atoms. The van der Waals surface area contributed by atoms with Gasteiger partial charge in [0, 0.05) is 31.7 Å². The SMILES string of the molecule is CC(C)(C)OC(=O)NC(CCCCNC(=O)CCN1C(=O)C=CC1=O)C(=O)O. The Hall–Kier alpha value is -2.91. The van der Waals surface area contributed by atoms with Gasteiger partial charge >= 0.3 is 12.1 Å². The minimum Gasteiger partial charge on any atom is -0.480 e. The van der Waals surface area contributed by atoms with E-state index in [1.165, 1.54) is 0 Å². The van der Waals surface area contributed by atoms with Crippen molar-refractivity contribution in [2.75, 3.05) is 13.1 Å². The number of carbonyl (C=O) groups excluding carboxylic acids is 4. The van der Waals surface area contributed by atoms with Gasteiger partial charge in [-0.3, -0.25) is 19.3 Å². The first kappa shape index (κ1) is 23.1. The molecule has 0 bridgehead atoms. The lowest BCUT2D eigenvalue weighted by Gasteiger charge is -2.22. The topological polar surface area (TPSA) is 142 Å². The predicted octanol–water partition coefficient (Wildman–Crippen LogP) is 0.566. The summed E-state index contributed by atoms with van der Waals surface area (Å²) < 4.78 is 5.03. The van der Waals surface area contributed by atoms with Gasteiger partial charge in [0.2, 0.25) is 5.91 Å². The number of carboxylic acids is 1. The van der Waals surface area contributed by atoms with Crippen LogP contribution in [0.2, 0.25) is 0 Å². The molecule has 10 heteroatoms. The third-order valence-corrected chi connectivity index (χ3v) is 3.69. The van der Waals surface area contributed by atoms with Crippen LogP contribution in [0.1, 0.15) is 46.5 Å². The number of unbranched alkanes of at least 4 members (excludes halogenated alkanes) is 1. The van der Waals surface area contributed by atoms with Crippen LogP contribution in [0.15, 0.2) is 12.2 Å². The van der Waals surface area contributed by atoms with E-state index in [0.717, 1.165) is 17.1 Å². The molecule has 0 aromatic carbocycles. The standard InChI is InChI=1S/C18H27N3O7/c1-18(2,3)28-17(27)20-12(16(25)26)6-4-5-10-19-13(22)9-11-21-14(23)7-8-15(21)24/h7-8,12H,4-6,9-11H2,1-3H3,(H,19,22)(H,20,27)(H,25,26). The number of hydrogen-bond donors (Lipinski definition) is 3. The molecule has 3 N–H and O–H groups in total. The van der Waals surface area contributed by atoms with Gasteiger partial charge in [0.15, 0.2) is 0 Å². The first-order valence-electron chi connectivity index (χ1n) is 9.02. The number of rotatable bonds is 10. The summed E-state index contributed by atoms with van der Waals surface area (Å²) in [6, 6.07) is -1.08. The molecule has 10 nitrogen and oxygen atoms in total. The van der Waals surface area contributed by atoms with Crippen LogP contribution in [0.3, 0.4) is 0 Å². The summed E-state index contributed by atoms with van der Waals surface area (Å²) in [6.45, 7) is 5.36. The summed E-state index contributed by atoms with van der Waals surface area (Å²) in [5.41, 5.74) is -0.724. The van der Waals surface area contributed by atoms with Gasteiger partial charge in [-0.05, 0) is 40.0 Å². The third-order valence-electron chi connectivity index (χ3n) is 3.69. The lowest BCUT2D eigenvalue weighted by Crippen LogP contribution is -2.43. The predicted molar refractivity (Wildman–Crippen MR) is 98.1 cm³/mol. The van der Waals surface area contributed by atoms with Gasteiger partial charge in [-0.1, -0.05) is 0 Å². The molecule has 0 aromatic rings. The van der Waals surface area contributed by atoms with Gasteiger partial charge in [0.25, 0.3) is 11.8 Å². The molecule has 0 saturated carbocycles. The van der Waals surface area contributed by atoms with Crippen molar-refractivity contribution in [2.24, 2.45) is 0 Å². The highest BCUT2D eigenvalue weighted by atomic mass is 16.6. The summed E-state index contributed by atoms with van der Waals surface area (Å²) in [5, 5.41) is 14.1. The van der Waals surface area contributed by atoms with Crippen molar-refractivity contribution in [3.8, 4) is 0 Å².